The molecular formula is C38H40ClNO4S. The van der Waals surface area contributed by atoms with E-state index in [0.29, 0.717) is 11.6 Å². The van der Waals surface area contributed by atoms with Crippen molar-refractivity contribution in [3.8, 4) is 27.4 Å². The van der Waals surface area contributed by atoms with E-state index in [1.165, 1.54) is 0 Å². The highest BCUT2D eigenvalue weighted by molar-refractivity contribution is 7.22. The van der Waals surface area contributed by atoms with Crippen molar-refractivity contribution in [1.82, 2.24) is 4.98 Å². The molecule has 0 radical (unpaired) electrons. The van der Waals surface area contributed by atoms with Gasteiger partial charge in [-0.2, -0.15) is 0 Å². The molecule has 0 amide bonds. The van der Waals surface area contributed by atoms with Crippen LogP contribution in [0.25, 0.3) is 31.9 Å². The summed E-state index contributed by atoms with van der Waals surface area (Å²) >= 11 is 7.95. The SMILES string of the molecule is Cc1cc2nc(-c3cccc(OCc4ccccc4)c3)sc2c(-c2ccc(Cl)cc2)c1C(COC(=O)C(C)(C)C)OC(C)(C)C. The van der Waals surface area contributed by atoms with Crippen molar-refractivity contribution in [3.63, 3.8) is 0 Å². The van der Waals surface area contributed by atoms with Crippen molar-refractivity contribution in [3.05, 3.63) is 107 Å². The minimum absolute atomic E-state index is 0.0900. The van der Waals surface area contributed by atoms with Gasteiger partial charge in [-0.15, -0.1) is 11.3 Å². The second kappa shape index (κ2) is 13.3. The Morgan fingerprint density at radius 3 is 2.27 bits per heavy atom. The van der Waals surface area contributed by atoms with Crippen molar-refractivity contribution in [2.75, 3.05) is 6.61 Å². The summed E-state index contributed by atoms with van der Waals surface area (Å²) in [7, 11) is 0. The van der Waals surface area contributed by atoms with Gasteiger partial charge in [-0.25, -0.2) is 4.98 Å². The van der Waals surface area contributed by atoms with Crippen LogP contribution in [0.5, 0.6) is 5.75 Å². The van der Waals surface area contributed by atoms with E-state index < -0.39 is 17.1 Å². The lowest BCUT2D eigenvalue weighted by molar-refractivity contribution is -0.162. The maximum Gasteiger partial charge on any atom is 0.311 e. The molecule has 234 valence electrons. The minimum atomic E-state index is -0.629. The van der Waals surface area contributed by atoms with Gasteiger partial charge >= 0.3 is 5.97 Å². The van der Waals surface area contributed by atoms with Crippen molar-refractivity contribution in [2.45, 2.75) is 66.8 Å². The smallest absolute Gasteiger partial charge is 0.311 e. The predicted octanol–water partition coefficient (Wildman–Crippen LogP) is 10.6. The van der Waals surface area contributed by atoms with Gasteiger partial charge in [0, 0.05) is 16.1 Å². The number of benzene rings is 4. The van der Waals surface area contributed by atoms with Gasteiger partial charge in [-0.3, -0.25) is 4.79 Å². The zero-order valence-electron chi connectivity index (χ0n) is 26.9. The summed E-state index contributed by atoms with van der Waals surface area (Å²) in [6, 6.07) is 28.1. The average molecular weight is 642 g/mol. The number of halogens is 1. The summed E-state index contributed by atoms with van der Waals surface area (Å²) in [5.74, 6) is 0.510. The van der Waals surface area contributed by atoms with E-state index in [2.05, 4.69) is 31.2 Å². The zero-order valence-corrected chi connectivity index (χ0v) is 28.5. The molecule has 1 aromatic heterocycles. The molecule has 4 aromatic carbocycles. The Kier molecular flexibility index (Phi) is 9.68. The fourth-order valence-electron chi connectivity index (χ4n) is 5.08. The molecule has 0 saturated heterocycles. The second-order valence-electron chi connectivity index (χ2n) is 13.2. The lowest BCUT2D eigenvalue weighted by Gasteiger charge is -2.31. The number of esters is 1. The molecule has 0 aliphatic carbocycles. The first-order valence-electron chi connectivity index (χ1n) is 15.1. The molecule has 1 unspecified atom stereocenters. The number of carbonyl (C=O) groups excluding carboxylic acids is 1. The maximum absolute atomic E-state index is 12.9. The number of hydrogen-bond acceptors (Lipinski definition) is 6. The average Bonchev–Trinajstić information content (AvgIpc) is 3.41. The Hall–Kier alpha value is -3.71. The molecular weight excluding hydrogens is 602 g/mol. The van der Waals surface area contributed by atoms with Crippen LogP contribution in [0.3, 0.4) is 0 Å². The second-order valence-corrected chi connectivity index (χ2v) is 14.7. The van der Waals surface area contributed by atoms with E-state index in [1.807, 2.05) is 102 Å². The number of ether oxygens (including phenoxy) is 3. The van der Waals surface area contributed by atoms with Crippen molar-refractivity contribution in [1.29, 1.82) is 0 Å². The molecule has 45 heavy (non-hydrogen) atoms. The molecule has 0 aliphatic heterocycles. The summed E-state index contributed by atoms with van der Waals surface area (Å²) in [5.41, 5.74) is 5.82. The van der Waals surface area contributed by atoms with E-state index >= 15 is 0 Å². The van der Waals surface area contributed by atoms with Crippen LogP contribution in [0.1, 0.15) is 64.3 Å². The summed E-state index contributed by atoms with van der Waals surface area (Å²) in [6.07, 6.45) is -0.508. The molecule has 0 spiro atoms. The van der Waals surface area contributed by atoms with Crippen LogP contribution in [-0.2, 0) is 20.9 Å². The van der Waals surface area contributed by atoms with Gasteiger partial charge in [0.15, 0.2) is 0 Å². The quantitative estimate of drug-likeness (QED) is 0.150. The minimum Gasteiger partial charge on any atom is -0.489 e. The molecule has 5 aromatic rings. The van der Waals surface area contributed by atoms with Gasteiger partial charge in [0.2, 0.25) is 0 Å². The number of hydrogen-bond donors (Lipinski definition) is 0. The molecule has 0 N–H and O–H groups in total. The lowest BCUT2D eigenvalue weighted by Crippen LogP contribution is -2.30. The standard InChI is InChI=1S/C38H40ClNO4S/c1-24-20-30-34(45-35(40-30)27-14-11-15-29(21-27)42-22-25-12-9-8-10-13-25)33(26-16-18-28(39)19-17-26)32(24)31(44-38(5,6)7)23-43-36(41)37(2,3)4/h8-21,31H,22-23H2,1-7H3. The fraction of sp³-hybridized carbons (Fsp3) is 0.316. The number of carbonyl (C=O) groups is 1. The van der Waals surface area contributed by atoms with Crippen LogP contribution in [0.4, 0.5) is 0 Å². The van der Waals surface area contributed by atoms with Crippen molar-refractivity contribution in [2.24, 2.45) is 5.41 Å². The van der Waals surface area contributed by atoms with E-state index in [9.17, 15) is 4.79 Å². The Bertz CT molecular complexity index is 1780. The van der Waals surface area contributed by atoms with Crippen LogP contribution in [0.2, 0.25) is 5.02 Å². The van der Waals surface area contributed by atoms with Crippen LogP contribution in [0, 0.1) is 12.3 Å². The Morgan fingerprint density at radius 2 is 1.60 bits per heavy atom. The van der Waals surface area contributed by atoms with Crippen molar-refractivity contribution >= 4 is 39.1 Å². The van der Waals surface area contributed by atoms with Gasteiger partial charge in [0.1, 0.15) is 30.1 Å². The zero-order chi connectivity index (χ0) is 32.4. The topological polar surface area (TPSA) is 57.7 Å². The highest BCUT2D eigenvalue weighted by atomic mass is 35.5. The van der Waals surface area contributed by atoms with E-state index in [4.69, 9.17) is 30.8 Å². The number of nitrogens with zero attached hydrogens (tertiary/aromatic N) is 1. The molecule has 1 atom stereocenters. The first-order valence-corrected chi connectivity index (χ1v) is 16.3. The number of aromatic nitrogens is 1. The van der Waals surface area contributed by atoms with Gasteiger partial charge in [0.25, 0.3) is 0 Å². The lowest BCUT2D eigenvalue weighted by atomic mass is 9.91. The van der Waals surface area contributed by atoms with Gasteiger partial charge in [-0.1, -0.05) is 66.2 Å². The monoisotopic (exact) mass is 641 g/mol. The third-order valence-electron chi connectivity index (χ3n) is 7.19. The van der Waals surface area contributed by atoms with Crippen LogP contribution >= 0.6 is 22.9 Å². The highest BCUT2D eigenvalue weighted by Crippen LogP contribution is 2.44. The van der Waals surface area contributed by atoms with E-state index in [1.54, 1.807) is 11.3 Å². The summed E-state index contributed by atoms with van der Waals surface area (Å²) in [4.78, 5) is 18.0. The first kappa shape index (κ1) is 32.7. The fourth-order valence-corrected chi connectivity index (χ4v) is 6.33. The Labute approximate surface area is 275 Å². The molecule has 7 heteroatoms. The third kappa shape index (κ3) is 8.12. The number of rotatable bonds is 9. The first-order chi connectivity index (χ1) is 21.3. The summed E-state index contributed by atoms with van der Waals surface area (Å²) in [6.45, 7) is 14.2. The molecule has 5 nitrogen and oxygen atoms in total. The van der Waals surface area contributed by atoms with Crippen LogP contribution < -0.4 is 4.74 Å². The van der Waals surface area contributed by atoms with E-state index in [-0.39, 0.29) is 12.6 Å². The maximum atomic E-state index is 12.9. The molecule has 1 heterocycles. The van der Waals surface area contributed by atoms with Crippen LogP contribution in [0.15, 0.2) is 84.9 Å². The van der Waals surface area contributed by atoms with Crippen LogP contribution in [-0.4, -0.2) is 23.2 Å². The van der Waals surface area contributed by atoms with Gasteiger partial charge < -0.3 is 14.2 Å². The normalized spacial score (nSPS) is 12.7. The molecule has 0 aliphatic rings. The predicted molar refractivity (Wildman–Crippen MR) is 185 cm³/mol. The largest absolute Gasteiger partial charge is 0.489 e. The van der Waals surface area contributed by atoms with Gasteiger partial charge in [-0.05, 0) is 101 Å². The van der Waals surface area contributed by atoms with Gasteiger partial charge in [0.05, 0.1) is 21.2 Å². The Balaban J connectivity index is 1.61. The molecule has 0 fully saturated rings. The summed E-state index contributed by atoms with van der Waals surface area (Å²) in [5, 5.41) is 1.54. The molecule has 0 saturated carbocycles. The highest BCUT2D eigenvalue weighted by Gasteiger charge is 2.31. The number of aryl methyl sites for hydroxylation is 1. The summed E-state index contributed by atoms with van der Waals surface area (Å²) < 4.78 is 19.7. The molecule has 5 rings (SSSR count). The molecule has 0 bridgehead atoms. The number of thiazole rings is 1. The van der Waals surface area contributed by atoms with Crippen molar-refractivity contribution < 1.29 is 19.0 Å². The van der Waals surface area contributed by atoms with E-state index in [0.717, 1.165) is 54.4 Å². The Morgan fingerprint density at radius 1 is 0.889 bits per heavy atom. The number of fused-ring (bicyclic) bond motifs is 1. The third-order valence-corrected chi connectivity index (χ3v) is 8.58.